The predicted molar refractivity (Wildman–Crippen MR) is 96.1 cm³/mol. The van der Waals surface area contributed by atoms with Gasteiger partial charge in [-0.2, -0.15) is 4.39 Å². The lowest BCUT2D eigenvalue weighted by Crippen LogP contribution is -2.23. The second-order valence-electron chi connectivity index (χ2n) is 7.17. The van der Waals surface area contributed by atoms with Crippen LogP contribution in [-0.2, 0) is 0 Å². The monoisotopic (exact) mass is 352 g/mol. The molecule has 0 radical (unpaired) electrons. The molecule has 0 aromatic heterocycles. The Balaban J connectivity index is 1.99. The van der Waals surface area contributed by atoms with Crippen LogP contribution < -0.4 is 4.74 Å². The van der Waals surface area contributed by atoms with Crippen LogP contribution in [0.2, 0.25) is 0 Å². The van der Waals surface area contributed by atoms with E-state index in [9.17, 15) is 13.6 Å². The molecule has 25 heavy (non-hydrogen) atoms. The molecule has 1 aliphatic carbocycles. The third kappa shape index (κ3) is 5.26. The van der Waals surface area contributed by atoms with Crippen LogP contribution in [0.25, 0.3) is 0 Å². The third-order valence-electron chi connectivity index (χ3n) is 5.25. The first-order chi connectivity index (χ1) is 12.1. The zero-order valence-electron chi connectivity index (χ0n) is 15.5. The average Bonchev–Trinajstić information content (AvgIpc) is 2.63. The summed E-state index contributed by atoms with van der Waals surface area (Å²) < 4.78 is 33.8. The molecule has 0 amide bonds. The highest BCUT2D eigenvalue weighted by molar-refractivity contribution is 5.98. The van der Waals surface area contributed by atoms with E-state index in [0.717, 1.165) is 38.5 Å². The Morgan fingerprint density at radius 2 is 1.72 bits per heavy atom. The molecule has 2 nitrogen and oxygen atoms in total. The van der Waals surface area contributed by atoms with E-state index < -0.39 is 11.6 Å². The summed E-state index contributed by atoms with van der Waals surface area (Å²) in [4.78, 5) is 12.6. The van der Waals surface area contributed by atoms with Crippen molar-refractivity contribution in [1.82, 2.24) is 0 Å². The fraction of sp³-hybridized carbons (Fsp3) is 0.667. The number of ketones is 1. The topological polar surface area (TPSA) is 26.3 Å². The van der Waals surface area contributed by atoms with Crippen molar-refractivity contribution in [3.05, 3.63) is 29.3 Å². The first kappa shape index (κ1) is 19.9. The van der Waals surface area contributed by atoms with Gasteiger partial charge in [0.2, 0.25) is 5.82 Å². The average molecular weight is 352 g/mol. The van der Waals surface area contributed by atoms with Crippen LogP contribution in [0, 0.1) is 23.5 Å². The van der Waals surface area contributed by atoms with Crippen molar-refractivity contribution in [3.63, 3.8) is 0 Å². The Morgan fingerprint density at radius 3 is 2.36 bits per heavy atom. The second-order valence-corrected chi connectivity index (χ2v) is 7.17. The van der Waals surface area contributed by atoms with Crippen molar-refractivity contribution in [1.29, 1.82) is 0 Å². The molecule has 0 N–H and O–H groups in total. The third-order valence-corrected chi connectivity index (χ3v) is 5.25. The summed E-state index contributed by atoms with van der Waals surface area (Å²) in [5.41, 5.74) is -0.127. The van der Waals surface area contributed by atoms with Gasteiger partial charge in [0.1, 0.15) is 0 Å². The van der Waals surface area contributed by atoms with Gasteiger partial charge >= 0.3 is 0 Å². The standard InChI is InChI=1S/C21H30F2O2/c1-3-5-7-15-8-10-16(11-9-15)21(24)17-12-13-18(20(23)19(17)22)25-14-6-4-2/h12-13,15-16H,3-11,14H2,1-2H3. The molecule has 1 aromatic carbocycles. The Bertz CT molecular complexity index is 563. The van der Waals surface area contributed by atoms with Crippen molar-refractivity contribution in [2.24, 2.45) is 11.8 Å². The van der Waals surface area contributed by atoms with Crippen molar-refractivity contribution in [2.75, 3.05) is 6.61 Å². The van der Waals surface area contributed by atoms with Crippen LogP contribution in [0.3, 0.4) is 0 Å². The van der Waals surface area contributed by atoms with Gasteiger partial charge in [-0.3, -0.25) is 4.79 Å². The maximum atomic E-state index is 14.3. The number of hydrogen-bond donors (Lipinski definition) is 0. The van der Waals surface area contributed by atoms with Crippen molar-refractivity contribution >= 4 is 5.78 Å². The molecule has 2 rings (SSSR count). The number of benzene rings is 1. The Morgan fingerprint density at radius 1 is 1.04 bits per heavy atom. The summed E-state index contributed by atoms with van der Waals surface area (Å²) in [5.74, 6) is -1.97. The van der Waals surface area contributed by atoms with Gasteiger partial charge in [-0.25, -0.2) is 4.39 Å². The molecule has 1 aliphatic rings. The lowest BCUT2D eigenvalue weighted by atomic mass is 9.77. The van der Waals surface area contributed by atoms with Gasteiger partial charge < -0.3 is 4.74 Å². The molecule has 1 fully saturated rings. The maximum absolute atomic E-state index is 14.3. The Kier molecular flexibility index (Phi) is 7.86. The molecule has 0 atom stereocenters. The van der Waals surface area contributed by atoms with Crippen molar-refractivity contribution in [3.8, 4) is 5.75 Å². The number of unbranched alkanes of at least 4 members (excludes halogenated alkanes) is 2. The van der Waals surface area contributed by atoms with Crippen molar-refractivity contribution in [2.45, 2.75) is 71.6 Å². The minimum atomic E-state index is -1.06. The summed E-state index contributed by atoms with van der Waals surface area (Å²) in [6.45, 7) is 4.53. The minimum absolute atomic E-state index is 0.106. The number of ether oxygens (including phenoxy) is 1. The van der Waals surface area contributed by atoms with Crippen LogP contribution in [0.5, 0.6) is 5.75 Å². The second kappa shape index (κ2) is 9.88. The minimum Gasteiger partial charge on any atom is -0.490 e. The summed E-state index contributed by atoms with van der Waals surface area (Å²) in [7, 11) is 0. The highest BCUT2D eigenvalue weighted by atomic mass is 19.2. The number of carbonyl (C=O) groups excluding carboxylic acids is 1. The van der Waals surface area contributed by atoms with Gasteiger partial charge in [-0.05, 0) is 50.2 Å². The van der Waals surface area contributed by atoms with Gasteiger partial charge in [-0.15, -0.1) is 0 Å². The first-order valence-corrected chi connectivity index (χ1v) is 9.73. The van der Waals surface area contributed by atoms with E-state index in [1.807, 2.05) is 6.92 Å². The molecule has 140 valence electrons. The van der Waals surface area contributed by atoms with Gasteiger partial charge in [-0.1, -0.05) is 39.5 Å². The van der Waals surface area contributed by atoms with E-state index in [0.29, 0.717) is 12.5 Å². The molecule has 0 unspecified atom stereocenters. The SMILES string of the molecule is CCCCOc1ccc(C(=O)C2CCC(CCCC)CC2)c(F)c1F. The van der Waals surface area contributed by atoms with E-state index >= 15 is 0 Å². The number of hydrogen-bond acceptors (Lipinski definition) is 2. The molecule has 0 spiro atoms. The molecule has 0 aliphatic heterocycles. The first-order valence-electron chi connectivity index (χ1n) is 9.73. The number of carbonyl (C=O) groups is 1. The van der Waals surface area contributed by atoms with Crippen LogP contribution in [0.1, 0.15) is 82.0 Å². The zero-order valence-corrected chi connectivity index (χ0v) is 15.5. The van der Waals surface area contributed by atoms with E-state index in [1.165, 1.54) is 31.4 Å². The smallest absolute Gasteiger partial charge is 0.201 e. The Labute approximate surface area is 150 Å². The maximum Gasteiger partial charge on any atom is 0.201 e. The quantitative estimate of drug-likeness (QED) is 0.384. The number of rotatable bonds is 9. The fourth-order valence-corrected chi connectivity index (χ4v) is 3.59. The molecule has 4 heteroatoms. The molecular formula is C21H30F2O2. The highest BCUT2D eigenvalue weighted by Gasteiger charge is 2.29. The number of Topliss-reactive ketones (excluding diaryl/α,β-unsaturated/α-hetero) is 1. The largest absolute Gasteiger partial charge is 0.490 e. The molecule has 0 heterocycles. The van der Waals surface area contributed by atoms with E-state index in [4.69, 9.17) is 4.74 Å². The van der Waals surface area contributed by atoms with Crippen LogP contribution in [0.4, 0.5) is 8.78 Å². The van der Waals surface area contributed by atoms with E-state index in [1.54, 1.807) is 0 Å². The summed E-state index contributed by atoms with van der Waals surface area (Å²) in [6, 6.07) is 2.76. The normalized spacial score (nSPS) is 20.5. The lowest BCUT2D eigenvalue weighted by Gasteiger charge is -2.27. The van der Waals surface area contributed by atoms with Crippen LogP contribution in [-0.4, -0.2) is 12.4 Å². The van der Waals surface area contributed by atoms with Crippen LogP contribution >= 0.6 is 0 Å². The highest BCUT2D eigenvalue weighted by Crippen LogP contribution is 2.35. The van der Waals surface area contributed by atoms with Gasteiger partial charge in [0.05, 0.1) is 12.2 Å². The van der Waals surface area contributed by atoms with Gasteiger partial charge in [0, 0.05) is 5.92 Å². The molecule has 0 bridgehead atoms. The van der Waals surface area contributed by atoms with Crippen molar-refractivity contribution < 1.29 is 18.3 Å². The van der Waals surface area contributed by atoms with E-state index in [2.05, 4.69) is 6.92 Å². The lowest BCUT2D eigenvalue weighted by molar-refractivity contribution is 0.0864. The fourth-order valence-electron chi connectivity index (χ4n) is 3.59. The zero-order chi connectivity index (χ0) is 18.2. The Hall–Kier alpha value is -1.45. The molecular weight excluding hydrogens is 322 g/mol. The predicted octanol–water partition coefficient (Wildman–Crippen LogP) is 6.32. The molecule has 1 aromatic rings. The summed E-state index contributed by atoms with van der Waals surface area (Å²) in [5, 5.41) is 0. The molecule has 0 saturated heterocycles. The molecule has 1 saturated carbocycles. The summed E-state index contributed by atoms with van der Waals surface area (Å²) in [6.07, 6.45) is 8.91. The van der Waals surface area contributed by atoms with Gasteiger partial charge in [0.25, 0.3) is 0 Å². The van der Waals surface area contributed by atoms with Crippen LogP contribution in [0.15, 0.2) is 12.1 Å². The number of halogens is 2. The van der Waals surface area contributed by atoms with Gasteiger partial charge in [0.15, 0.2) is 17.3 Å². The summed E-state index contributed by atoms with van der Waals surface area (Å²) >= 11 is 0. The van der Waals surface area contributed by atoms with E-state index in [-0.39, 0.29) is 23.0 Å².